The van der Waals surface area contributed by atoms with Crippen LogP contribution in [0, 0.1) is 12.8 Å². The van der Waals surface area contributed by atoms with Crippen LogP contribution in [0.4, 0.5) is 0 Å². The topological polar surface area (TPSA) is 40.6 Å². The van der Waals surface area contributed by atoms with Gasteiger partial charge in [-0.2, -0.15) is 0 Å². The van der Waals surface area contributed by atoms with E-state index in [1.807, 2.05) is 9.80 Å². The van der Waals surface area contributed by atoms with E-state index in [0.717, 1.165) is 37.7 Å². The molecule has 4 rings (SSSR count). The average Bonchev–Trinajstić information content (AvgIpc) is 3.18. The molecule has 0 saturated heterocycles. The lowest BCUT2D eigenvalue weighted by Gasteiger charge is -2.40. The molecule has 1 aliphatic heterocycles. The maximum Gasteiger partial charge on any atom is 0.243 e. The lowest BCUT2D eigenvalue weighted by molar-refractivity contribution is -0.147. The molecule has 1 aromatic heterocycles. The second-order valence-electron chi connectivity index (χ2n) is 8.80. The molecule has 0 bridgehead atoms. The molecule has 2 atom stereocenters. The quantitative estimate of drug-likeness (QED) is 0.658. The van der Waals surface area contributed by atoms with Gasteiger partial charge >= 0.3 is 0 Å². The van der Waals surface area contributed by atoms with Crippen LogP contribution >= 0.6 is 11.3 Å². The average molecular weight is 425 g/mol. The first-order valence-electron chi connectivity index (χ1n) is 11.2. The summed E-state index contributed by atoms with van der Waals surface area (Å²) in [6, 6.07) is 10.7. The third kappa shape index (κ3) is 4.04. The van der Waals surface area contributed by atoms with Crippen molar-refractivity contribution in [3.8, 4) is 0 Å². The Hall–Kier alpha value is -2.14. The molecule has 0 spiro atoms. The highest BCUT2D eigenvalue weighted by Gasteiger charge is 2.36. The number of benzene rings is 1. The van der Waals surface area contributed by atoms with E-state index < -0.39 is 0 Å². The summed E-state index contributed by atoms with van der Waals surface area (Å²) in [4.78, 5) is 31.8. The van der Waals surface area contributed by atoms with Gasteiger partial charge in [0.2, 0.25) is 11.8 Å². The second-order valence-corrected chi connectivity index (χ2v) is 9.80. The maximum absolute atomic E-state index is 13.6. The molecule has 160 valence electrons. The van der Waals surface area contributed by atoms with E-state index in [9.17, 15) is 9.59 Å². The van der Waals surface area contributed by atoms with Crippen molar-refractivity contribution in [1.82, 2.24) is 9.80 Å². The van der Waals surface area contributed by atoms with E-state index in [1.54, 1.807) is 11.3 Å². The summed E-state index contributed by atoms with van der Waals surface area (Å²) in [6.07, 6.45) is 4.81. The van der Waals surface area contributed by atoms with Gasteiger partial charge < -0.3 is 9.80 Å². The summed E-state index contributed by atoms with van der Waals surface area (Å²) >= 11 is 1.78. The fourth-order valence-corrected chi connectivity index (χ4v) is 5.39. The van der Waals surface area contributed by atoms with Gasteiger partial charge in [-0.3, -0.25) is 9.59 Å². The molecule has 4 nitrogen and oxygen atoms in total. The van der Waals surface area contributed by atoms with Gasteiger partial charge in [-0.25, -0.2) is 0 Å². The molecule has 5 heteroatoms. The van der Waals surface area contributed by atoms with Gasteiger partial charge in [-0.15, -0.1) is 11.3 Å². The largest absolute Gasteiger partial charge is 0.330 e. The minimum absolute atomic E-state index is 0.0606. The minimum Gasteiger partial charge on any atom is -0.330 e. The molecule has 2 aromatic rings. The molecule has 1 aliphatic carbocycles. The van der Waals surface area contributed by atoms with Crippen molar-refractivity contribution in [2.24, 2.45) is 5.92 Å². The minimum atomic E-state index is -0.0642. The van der Waals surface area contributed by atoms with Crippen molar-refractivity contribution in [3.05, 3.63) is 57.3 Å². The number of carbonyl (C=O) groups excluding carboxylic acids is 2. The number of rotatable bonds is 6. The Morgan fingerprint density at radius 2 is 1.93 bits per heavy atom. The van der Waals surface area contributed by atoms with Crippen molar-refractivity contribution in [3.63, 3.8) is 0 Å². The van der Waals surface area contributed by atoms with E-state index in [2.05, 4.69) is 56.5 Å². The predicted octanol–water partition coefficient (Wildman–Crippen LogP) is 4.96. The molecule has 2 amide bonds. The van der Waals surface area contributed by atoms with Crippen LogP contribution < -0.4 is 0 Å². The second kappa shape index (κ2) is 8.93. The lowest BCUT2D eigenvalue weighted by atomic mass is 9.84. The summed E-state index contributed by atoms with van der Waals surface area (Å²) < 4.78 is 0. The summed E-state index contributed by atoms with van der Waals surface area (Å²) in [5.41, 5.74) is 3.60. The van der Waals surface area contributed by atoms with Crippen LogP contribution in [-0.4, -0.2) is 40.7 Å². The van der Waals surface area contributed by atoms with Gasteiger partial charge in [0, 0.05) is 23.4 Å². The van der Waals surface area contributed by atoms with Crippen LogP contribution in [0.3, 0.4) is 0 Å². The van der Waals surface area contributed by atoms with Crippen molar-refractivity contribution in [2.45, 2.75) is 65.0 Å². The molecule has 1 fully saturated rings. The van der Waals surface area contributed by atoms with E-state index in [0.29, 0.717) is 6.54 Å². The molecule has 1 aromatic carbocycles. The molecular formula is C25H32N2O2S. The van der Waals surface area contributed by atoms with Gasteiger partial charge in [0.05, 0.1) is 6.04 Å². The van der Waals surface area contributed by atoms with Crippen LogP contribution in [0.1, 0.15) is 67.1 Å². The van der Waals surface area contributed by atoms with E-state index >= 15 is 0 Å². The Balaban J connectivity index is 1.60. The van der Waals surface area contributed by atoms with Crippen LogP contribution in [0.25, 0.3) is 0 Å². The van der Waals surface area contributed by atoms with Gasteiger partial charge in [0.15, 0.2) is 0 Å². The third-order valence-electron chi connectivity index (χ3n) is 6.85. The molecule has 1 saturated carbocycles. The monoisotopic (exact) mass is 424 g/mol. The summed E-state index contributed by atoms with van der Waals surface area (Å²) in [7, 11) is 0. The highest BCUT2D eigenvalue weighted by Crippen LogP contribution is 2.38. The van der Waals surface area contributed by atoms with Crippen molar-refractivity contribution < 1.29 is 9.59 Å². The Kier molecular flexibility index (Phi) is 6.28. The number of amides is 2. The number of hydrogen-bond acceptors (Lipinski definition) is 3. The van der Waals surface area contributed by atoms with Gasteiger partial charge in [-0.05, 0) is 62.1 Å². The molecule has 2 heterocycles. The van der Waals surface area contributed by atoms with Crippen molar-refractivity contribution >= 4 is 23.2 Å². The number of thiophene rings is 1. The van der Waals surface area contributed by atoms with Crippen LogP contribution in [0.15, 0.2) is 35.7 Å². The summed E-state index contributed by atoms with van der Waals surface area (Å²) in [6.45, 7) is 7.13. The number of carbonyl (C=O) groups is 2. The van der Waals surface area contributed by atoms with Crippen LogP contribution in [0.5, 0.6) is 0 Å². The molecule has 2 aliphatic rings. The number of aryl methyl sites for hydroxylation is 1. The molecular weight excluding hydrogens is 392 g/mol. The van der Waals surface area contributed by atoms with Gasteiger partial charge in [-0.1, -0.05) is 43.2 Å². The van der Waals surface area contributed by atoms with E-state index in [4.69, 9.17) is 0 Å². The van der Waals surface area contributed by atoms with Gasteiger partial charge in [0.25, 0.3) is 0 Å². The highest BCUT2D eigenvalue weighted by atomic mass is 32.1. The third-order valence-corrected chi connectivity index (χ3v) is 7.84. The summed E-state index contributed by atoms with van der Waals surface area (Å²) in [5.74, 6) is 0.346. The Morgan fingerprint density at radius 3 is 2.57 bits per heavy atom. The Labute approximate surface area is 183 Å². The zero-order chi connectivity index (χ0) is 21.3. The fourth-order valence-electron chi connectivity index (χ4n) is 4.49. The first-order valence-corrected chi connectivity index (χ1v) is 12.1. The number of fused-ring (bicyclic) bond motifs is 1. The first kappa shape index (κ1) is 21.1. The van der Waals surface area contributed by atoms with Crippen molar-refractivity contribution in [2.75, 3.05) is 13.1 Å². The van der Waals surface area contributed by atoms with Crippen LogP contribution in [0.2, 0.25) is 0 Å². The molecule has 30 heavy (non-hydrogen) atoms. The zero-order valence-electron chi connectivity index (χ0n) is 18.3. The van der Waals surface area contributed by atoms with E-state index in [-0.39, 0.29) is 36.4 Å². The molecule has 0 radical (unpaired) electrons. The maximum atomic E-state index is 13.6. The smallest absolute Gasteiger partial charge is 0.243 e. The normalized spacial score (nSPS) is 19.7. The standard InChI is InChI=1S/C25H32N2O2S/c1-4-18(3)27(25(29)20-6-5-7-20)16-23(28)26-14-12-22-21(13-15-30-22)24(26)19-10-8-17(2)9-11-19/h8-11,13,15,18,20,24H,4-7,12,14,16H2,1-3H3/t18-,24-/m0/s1. The van der Waals surface area contributed by atoms with E-state index in [1.165, 1.54) is 16.0 Å². The fraction of sp³-hybridized carbons (Fsp3) is 0.520. The van der Waals surface area contributed by atoms with Gasteiger partial charge in [0.1, 0.15) is 6.54 Å². The predicted molar refractivity (Wildman–Crippen MR) is 122 cm³/mol. The van der Waals surface area contributed by atoms with Crippen molar-refractivity contribution in [1.29, 1.82) is 0 Å². The SMILES string of the molecule is CC[C@H](C)N(CC(=O)N1CCc2sccc2[C@@H]1c1ccc(C)cc1)C(=O)C1CCC1. The Morgan fingerprint density at radius 1 is 1.20 bits per heavy atom. The number of hydrogen-bond donors (Lipinski definition) is 0. The zero-order valence-corrected chi connectivity index (χ0v) is 19.1. The lowest BCUT2D eigenvalue weighted by Crippen LogP contribution is -2.51. The summed E-state index contributed by atoms with van der Waals surface area (Å²) in [5, 5.41) is 2.13. The Bertz CT molecular complexity index is 900. The molecule has 0 unspecified atom stereocenters. The van der Waals surface area contributed by atoms with Crippen LogP contribution in [-0.2, 0) is 16.0 Å². The molecule has 0 N–H and O–H groups in total. The number of nitrogens with zero attached hydrogens (tertiary/aromatic N) is 2. The first-order chi connectivity index (χ1) is 14.5. The highest BCUT2D eigenvalue weighted by molar-refractivity contribution is 7.10.